The minimum atomic E-state index is -2.18. The Hall–Kier alpha value is -0.380. The summed E-state index contributed by atoms with van der Waals surface area (Å²) in [5.74, 6) is -1.05. The van der Waals surface area contributed by atoms with Gasteiger partial charge in [0.1, 0.15) is 5.60 Å². The maximum absolute atomic E-state index is 12.0. The van der Waals surface area contributed by atoms with Gasteiger partial charge < -0.3 is 18.8 Å². The maximum Gasteiger partial charge on any atom is 0.308 e. The van der Waals surface area contributed by atoms with Crippen LogP contribution in [0.3, 0.4) is 0 Å². The van der Waals surface area contributed by atoms with E-state index in [9.17, 15) is 9.36 Å². The molecule has 1 fully saturated rings. The number of rotatable bonds is 4. The molecule has 1 heterocycles. The van der Waals surface area contributed by atoms with Crippen molar-refractivity contribution in [1.29, 1.82) is 0 Å². The number of carbonyl (C=O) groups is 1. The molecule has 1 aliphatic rings. The second-order valence-electron chi connectivity index (χ2n) is 7.66. The average Bonchev–Trinajstić information content (AvgIpc) is 2.06. The monoisotopic (exact) mass is 320 g/mol. The van der Waals surface area contributed by atoms with E-state index in [0.717, 1.165) is 0 Å². The molecule has 0 aromatic carbocycles. The highest BCUT2D eigenvalue weighted by Crippen LogP contribution is 2.41. The fourth-order valence-electron chi connectivity index (χ4n) is 2.52. The minimum absolute atomic E-state index is 0.151. The number of esters is 1. The summed E-state index contributed by atoms with van der Waals surface area (Å²) in [7, 11) is -2.18. The molecule has 124 valence electrons. The number of ether oxygens (including phenoxy) is 3. The van der Waals surface area contributed by atoms with Crippen LogP contribution >= 0.6 is 7.14 Å². The maximum atomic E-state index is 12.0. The molecule has 0 aromatic rings. The summed E-state index contributed by atoms with van der Waals surface area (Å²) in [4.78, 5) is 11.9. The normalized spacial score (nSPS) is 26.4. The third-order valence-corrected chi connectivity index (χ3v) is 4.17. The molecule has 0 aromatic heterocycles. The van der Waals surface area contributed by atoms with Gasteiger partial charge >= 0.3 is 5.97 Å². The molecule has 5 nitrogen and oxygen atoms in total. The zero-order chi connectivity index (χ0) is 16.5. The van der Waals surface area contributed by atoms with Crippen LogP contribution in [-0.2, 0) is 23.6 Å². The SMILES string of the molecule is CC(C)(C)OC(=O)C[C@H]1C[C@@H](CP(C)(C)=O)OC(C)(C)O1. The standard InChI is InChI=1S/C15H29O5P/c1-14(2,3)20-13(16)9-11-8-12(10-21(6,7)17)19-15(4,5)18-11/h11-12H,8-10H2,1-7H3/t11-,12+/m1/s1. The Kier molecular flexibility index (Phi) is 5.68. The van der Waals surface area contributed by atoms with Gasteiger partial charge in [0.2, 0.25) is 0 Å². The first kappa shape index (κ1) is 18.7. The number of carbonyl (C=O) groups excluding carboxylic acids is 1. The van der Waals surface area contributed by atoms with Crippen molar-refractivity contribution in [3.05, 3.63) is 0 Å². The Bertz CT molecular complexity index is 418. The topological polar surface area (TPSA) is 61.8 Å². The van der Waals surface area contributed by atoms with Crippen molar-refractivity contribution < 1.29 is 23.6 Å². The Morgan fingerprint density at radius 1 is 1.24 bits per heavy atom. The van der Waals surface area contributed by atoms with Gasteiger partial charge in [-0.05, 0) is 47.9 Å². The molecule has 2 atom stereocenters. The van der Waals surface area contributed by atoms with E-state index in [-0.39, 0.29) is 24.6 Å². The predicted molar refractivity (Wildman–Crippen MR) is 83.2 cm³/mol. The lowest BCUT2D eigenvalue weighted by molar-refractivity contribution is -0.295. The highest BCUT2D eigenvalue weighted by molar-refractivity contribution is 7.62. The van der Waals surface area contributed by atoms with Crippen molar-refractivity contribution in [2.24, 2.45) is 0 Å². The van der Waals surface area contributed by atoms with E-state index in [4.69, 9.17) is 14.2 Å². The molecule has 0 saturated carbocycles. The second kappa shape index (κ2) is 6.39. The van der Waals surface area contributed by atoms with E-state index in [1.807, 2.05) is 34.6 Å². The van der Waals surface area contributed by atoms with Crippen LogP contribution in [0, 0.1) is 0 Å². The highest BCUT2D eigenvalue weighted by Gasteiger charge is 2.38. The zero-order valence-electron chi connectivity index (χ0n) is 14.3. The van der Waals surface area contributed by atoms with Gasteiger partial charge in [-0.15, -0.1) is 0 Å². The summed E-state index contributed by atoms with van der Waals surface area (Å²) >= 11 is 0. The molecule has 0 N–H and O–H groups in total. The van der Waals surface area contributed by atoms with Crippen LogP contribution in [0.15, 0.2) is 0 Å². The van der Waals surface area contributed by atoms with E-state index < -0.39 is 18.5 Å². The van der Waals surface area contributed by atoms with E-state index in [0.29, 0.717) is 12.6 Å². The fourth-order valence-corrected chi connectivity index (χ4v) is 3.72. The van der Waals surface area contributed by atoms with Crippen LogP contribution in [-0.4, -0.2) is 49.1 Å². The summed E-state index contributed by atoms with van der Waals surface area (Å²) < 4.78 is 28.9. The van der Waals surface area contributed by atoms with Crippen LogP contribution in [0.4, 0.5) is 0 Å². The fraction of sp³-hybridized carbons (Fsp3) is 0.933. The summed E-state index contributed by atoms with van der Waals surface area (Å²) in [6.07, 6.45) is 0.846. The van der Waals surface area contributed by atoms with Gasteiger partial charge in [0.15, 0.2) is 5.79 Å². The molecule has 0 spiro atoms. The lowest BCUT2D eigenvalue weighted by atomic mass is 10.1. The minimum Gasteiger partial charge on any atom is -0.460 e. The van der Waals surface area contributed by atoms with Crippen molar-refractivity contribution in [2.75, 3.05) is 19.5 Å². The van der Waals surface area contributed by atoms with Crippen LogP contribution < -0.4 is 0 Å². The van der Waals surface area contributed by atoms with Gasteiger partial charge in [-0.2, -0.15) is 0 Å². The summed E-state index contributed by atoms with van der Waals surface area (Å²) in [6.45, 7) is 12.7. The van der Waals surface area contributed by atoms with Crippen LogP contribution in [0.5, 0.6) is 0 Å². The molecule has 1 rings (SSSR count). The van der Waals surface area contributed by atoms with Crippen LogP contribution in [0.1, 0.15) is 47.5 Å². The third-order valence-electron chi connectivity index (χ3n) is 2.88. The predicted octanol–water partition coefficient (Wildman–Crippen LogP) is 3.25. The smallest absolute Gasteiger partial charge is 0.308 e. The van der Waals surface area contributed by atoms with E-state index in [1.54, 1.807) is 13.3 Å². The molecule has 1 aliphatic heterocycles. The molecule has 1 saturated heterocycles. The first-order valence-electron chi connectivity index (χ1n) is 7.37. The largest absolute Gasteiger partial charge is 0.460 e. The van der Waals surface area contributed by atoms with Crippen LogP contribution in [0.2, 0.25) is 0 Å². The Morgan fingerprint density at radius 3 is 2.24 bits per heavy atom. The lowest BCUT2D eigenvalue weighted by Gasteiger charge is -2.41. The molecule has 0 radical (unpaired) electrons. The van der Waals surface area contributed by atoms with Crippen molar-refractivity contribution in [2.45, 2.75) is 71.1 Å². The van der Waals surface area contributed by atoms with Gasteiger partial charge in [0.05, 0.1) is 25.8 Å². The lowest BCUT2D eigenvalue weighted by Crippen LogP contribution is -2.46. The van der Waals surface area contributed by atoms with Crippen molar-refractivity contribution >= 4 is 13.1 Å². The molecule has 6 heteroatoms. The molecule has 0 unspecified atom stereocenters. The third kappa shape index (κ3) is 7.98. The van der Waals surface area contributed by atoms with E-state index >= 15 is 0 Å². The Morgan fingerprint density at radius 2 is 1.76 bits per heavy atom. The summed E-state index contributed by atoms with van der Waals surface area (Å²) in [5, 5.41) is 0. The van der Waals surface area contributed by atoms with E-state index in [2.05, 4.69) is 0 Å². The van der Waals surface area contributed by atoms with E-state index in [1.165, 1.54) is 0 Å². The van der Waals surface area contributed by atoms with Crippen molar-refractivity contribution in [1.82, 2.24) is 0 Å². The van der Waals surface area contributed by atoms with Gasteiger partial charge in [-0.25, -0.2) is 0 Å². The highest BCUT2D eigenvalue weighted by atomic mass is 31.2. The van der Waals surface area contributed by atoms with Crippen molar-refractivity contribution in [3.8, 4) is 0 Å². The first-order valence-corrected chi connectivity index (χ1v) is 10.2. The molecular weight excluding hydrogens is 291 g/mol. The number of hydrogen-bond donors (Lipinski definition) is 0. The molecule has 0 aliphatic carbocycles. The Balaban J connectivity index is 2.65. The summed E-state index contributed by atoms with van der Waals surface area (Å²) in [6, 6.07) is 0. The van der Waals surface area contributed by atoms with Gasteiger partial charge in [-0.3, -0.25) is 4.79 Å². The van der Waals surface area contributed by atoms with Gasteiger partial charge in [-0.1, -0.05) is 0 Å². The average molecular weight is 320 g/mol. The molecular formula is C15H29O5P. The zero-order valence-corrected chi connectivity index (χ0v) is 15.2. The molecule has 0 bridgehead atoms. The van der Waals surface area contributed by atoms with Gasteiger partial charge in [0.25, 0.3) is 0 Å². The second-order valence-corrected chi connectivity index (χ2v) is 11.2. The van der Waals surface area contributed by atoms with Crippen molar-refractivity contribution in [3.63, 3.8) is 0 Å². The molecule has 0 amide bonds. The quantitative estimate of drug-likeness (QED) is 0.588. The first-order chi connectivity index (χ1) is 9.26. The molecule has 21 heavy (non-hydrogen) atoms. The Labute approximate surface area is 128 Å². The van der Waals surface area contributed by atoms with Crippen LogP contribution in [0.25, 0.3) is 0 Å². The summed E-state index contributed by atoms with van der Waals surface area (Å²) in [5.41, 5.74) is -0.500. The number of hydrogen-bond acceptors (Lipinski definition) is 5. The van der Waals surface area contributed by atoms with Gasteiger partial charge in [0, 0.05) is 12.6 Å².